The number of aliphatic hydroxyl groups is 1. The topological polar surface area (TPSA) is 33.1 Å². The Morgan fingerprint density at radius 3 is 2.76 bits per heavy atom. The number of hydrogen-bond acceptors (Lipinski definition) is 3. The molecule has 0 unspecified atom stereocenters. The first kappa shape index (κ1) is 12.1. The predicted octanol–water partition coefficient (Wildman–Crippen LogP) is 3.01. The number of aryl methyl sites for hydroxylation is 1. The Labute approximate surface area is 102 Å². The maximum atomic E-state index is 13.0. The normalized spacial score (nSPS) is 10.8. The lowest BCUT2D eigenvalue weighted by Crippen LogP contribution is -1.89. The highest BCUT2D eigenvalue weighted by Gasteiger charge is 2.08. The second-order valence-corrected chi connectivity index (χ2v) is 4.53. The minimum absolute atomic E-state index is 0.125. The lowest BCUT2D eigenvalue weighted by atomic mass is 10.1. The molecule has 1 aromatic heterocycles. The molecule has 0 saturated heterocycles. The molecule has 0 fully saturated rings. The van der Waals surface area contributed by atoms with E-state index >= 15 is 0 Å². The van der Waals surface area contributed by atoms with Gasteiger partial charge < -0.3 is 5.11 Å². The van der Waals surface area contributed by atoms with E-state index in [1.807, 2.05) is 0 Å². The number of rotatable bonds is 4. The van der Waals surface area contributed by atoms with E-state index in [4.69, 9.17) is 5.11 Å². The van der Waals surface area contributed by atoms with E-state index in [0.717, 1.165) is 17.1 Å². The van der Waals surface area contributed by atoms with Crippen LogP contribution >= 0.6 is 11.3 Å². The maximum Gasteiger partial charge on any atom is 0.159 e. The van der Waals surface area contributed by atoms with Gasteiger partial charge in [0, 0.05) is 24.0 Å². The second-order valence-electron chi connectivity index (χ2n) is 3.58. The van der Waals surface area contributed by atoms with E-state index in [2.05, 4.69) is 4.98 Å². The highest BCUT2D eigenvalue weighted by Crippen LogP contribution is 2.24. The Morgan fingerprint density at radius 1 is 1.24 bits per heavy atom. The molecule has 0 amide bonds. The maximum absolute atomic E-state index is 13.0. The van der Waals surface area contributed by atoms with Gasteiger partial charge in [-0.1, -0.05) is 0 Å². The first-order chi connectivity index (χ1) is 8.20. The van der Waals surface area contributed by atoms with Crippen LogP contribution in [0.2, 0.25) is 0 Å². The monoisotopic (exact) mass is 255 g/mol. The molecule has 0 bridgehead atoms. The molecule has 17 heavy (non-hydrogen) atoms. The summed E-state index contributed by atoms with van der Waals surface area (Å²) in [4.78, 5) is 4.31. The van der Waals surface area contributed by atoms with Crippen LogP contribution in [-0.2, 0) is 6.42 Å². The van der Waals surface area contributed by atoms with Crippen molar-refractivity contribution in [3.8, 4) is 11.3 Å². The summed E-state index contributed by atoms with van der Waals surface area (Å²) < 4.78 is 25.8. The SMILES string of the molecule is OCCCc1nc(-c2ccc(F)c(F)c2)cs1. The fraction of sp³-hybridized carbons (Fsp3) is 0.250. The van der Waals surface area contributed by atoms with E-state index < -0.39 is 11.6 Å². The smallest absolute Gasteiger partial charge is 0.159 e. The molecule has 1 N–H and O–H groups in total. The van der Waals surface area contributed by atoms with Crippen molar-refractivity contribution in [2.75, 3.05) is 6.61 Å². The zero-order valence-electron chi connectivity index (χ0n) is 8.99. The number of hydrogen-bond donors (Lipinski definition) is 1. The molecule has 0 radical (unpaired) electrons. The van der Waals surface area contributed by atoms with Gasteiger partial charge in [-0.05, 0) is 24.6 Å². The number of halogens is 2. The van der Waals surface area contributed by atoms with Gasteiger partial charge in [0.1, 0.15) is 0 Å². The third-order valence-corrected chi connectivity index (χ3v) is 3.22. The summed E-state index contributed by atoms with van der Waals surface area (Å²) in [5.74, 6) is -1.73. The lowest BCUT2D eigenvalue weighted by molar-refractivity contribution is 0.288. The van der Waals surface area contributed by atoms with Gasteiger partial charge in [0.25, 0.3) is 0 Å². The van der Waals surface area contributed by atoms with Crippen molar-refractivity contribution in [2.24, 2.45) is 0 Å². The number of nitrogens with zero attached hydrogens (tertiary/aromatic N) is 1. The molecule has 2 nitrogen and oxygen atoms in total. The number of benzene rings is 1. The van der Waals surface area contributed by atoms with Crippen molar-refractivity contribution in [3.63, 3.8) is 0 Å². The average molecular weight is 255 g/mol. The van der Waals surface area contributed by atoms with Crippen LogP contribution in [0.5, 0.6) is 0 Å². The van der Waals surface area contributed by atoms with Crippen molar-refractivity contribution >= 4 is 11.3 Å². The molecule has 0 aliphatic heterocycles. The van der Waals surface area contributed by atoms with Crippen LogP contribution in [0.25, 0.3) is 11.3 Å². The molecule has 0 spiro atoms. The Balaban J connectivity index is 2.21. The van der Waals surface area contributed by atoms with E-state index in [0.29, 0.717) is 24.1 Å². The van der Waals surface area contributed by atoms with Gasteiger partial charge in [0.2, 0.25) is 0 Å². The standard InChI is InChI=1S/C12H11F2NOS/c13-9-4-3-8(6-10(9)14)11-7-17-12(15-11)2-1-5-16/h3-4,6-7,16H,1-2,5H2. The van der Waals surface area contributed by atoms with Crippen LogP contribution in [0.1, 0.15) is 11.4 Å². The molecular formula is C12H11F2NOS. The third kappa shape index (κ3) is 2.87. The fourth-order valence-corrected chi connectivity index (χ4v) is 2.29. The van der Waals surface area contributed by atoms with Crippen molar-refractivity contribution < 1.29 is 13.9 Å². The summed E-state index contributed by atoms with van der Waals surface area (Å²) in [6, 6.07) is 3.74. The highest BCUT2D eigenvalue weighted by molar-refractivity contribution is 7.09. The van der Waals surface area contributed by atoms with Gasteiger partial charge in [-0.25, -0.2) is 13.8 Å². The first-order valence-electron chi connectivity index (χ1n) is 5.21. The second kappa shape index (κ2) is 5.33. The molecule has 2 rings (SSSR count). The van der Waals surface area contributed by atoms with Crippen molar-refractivity contribution in [1.82, 2.24) is 4.98 Å². The van der Waals surface area contributed by atoms with Crippen molar-refractivity contribution in [2.45, 2.75) is 12.8 Å². The Bertz CT molecular complexity index is 513. The van der Waals surface area contributed by atoms with E-state index in [1.54, 1.807) is 5.38 Å². The van der Waals surface area contributed by atoms with E-state index in [-0.39, 0.29) is 6.61 Å². The molecule has 90 valence electrons. The van der Waals surface area contributed by atoms with E-state index in [1.165, 1.54) is 17.4 Å². The predicted molar refractivity (Wildman–Crippen MR) is 62.9 cm³/mol. The van der Waals surface area contributed by atoms with Gasteiger partial charge in [-0.2, -0.15) is 0 Å². The quantitative estimate of drug-likeness (QED) is 0.911. The van der Waals surface area contributed by atoms with Crippen LogP contribution in [0.3, 0.4) is 0 Å². The van der Waals surface area contributed by atoms with Crippen molar-refractivity contribution in [3.05, 3.63) is 40.2 Å². The summed E-state index contributed by atoms with van der Waals surface area (Å²) in [7, 11) is 0. The van der Waals surface area contributed by atoms with Gasteiger partial charge in [0.15, 0.2) is 11.6 Å². The first-order valence-corrected chi connectivity index (χ1v) is 6.09. The summed E-state index contributed by atoms with van der Waals surface area (Å²) in [5, 5.41) is 11.4. The molecule has 5 heteroatoms. The lowest BCUT2D eigenvalue weighted by Gasteiger charge is -1.97. The number of aromatic nitrogens is 1. The molecule has 1 heterocycles. The molecule has 1 aromatic carbocycles. The summed E-state index contributed by atoms with van der Waals surface area (Å²) in [5.41, 5.74) is 1.21. The van der Waals surface area contributed by atoms with Crippen LogP contribution < -0.4 is 0 Å². The molecule has 0 aliphatic rings. The zero-order chi connectivity index (χ0) is 12.3. The molecule has 0 atom stereocenters. The Morgan fingerprint density at radius 2 is 2.06 bits per heavy atom. The summed E-state index contributed by atoms with van der Waals surface area (Å²) >= 11 is 1.46. The highest BCUT2D eigenvalue weighted by atomic mass is 32.1. The van der Waals surface area contributed by atoms with Crippen LogP contribution in [0, 0.1) is 11.6 Å². The summed E-state index contributed by atoms with van der Waals surface area (Å²) in [6.45, 7) is 0.125. The zero-order valence-corrected chi connectivity index (χ0v) is 9.81. The van der Waals surface area contributed by atoms with Crippen LogP contribution in [-0.4, -0.2) is 16.7 Å². The molecule has 0 saturated carbocycles. The minimum atomic E-state index is -0.868. The van der Waals surface area contributed by atoms with E-state index in [9.17, 15) is 8.78 Å². The van der Waals surface area contributed by atoms with Gasteiger partial charge in [0.05, 0.1) is 10.7 Å². The third-order valence-electron chi connectivity index (χ3n) is 2.32. The Hall–Kier alpha value is -1.33. The van der Waals surface area contributed by atoms with Crippen LogP contribution in [0.4, 0.5) is 8.78 Å². The summed E-state index contributed by atoms with van der Waals surface area (Å²) in [6.07, 6.45) is 1.36. The number of thiazole rings is 1. The average Bonchev–Trinajstić information content (AvgIpc) is 2.79. The molecular weight excluding hydrogens is 244 g/mol. The number of aliphatic hydroxyl groups excluding tert-OH is 1. The largest absolute Gasteiger partial charge is 0.396 e. The molecule has 2 aromatic rings. The van der Waals surface area contributed by atoms with Gasteiger partial charge in [-0.15, -0.1) is 11.3 Å². The van der Waals surface area contributed by atoms with Gasteiger partial charge in [-0.3, -0.25) is 0 Å². The van der Waals surface area contributed by atoms with Crippen molar-refractivity contribution in [1.29, 1.82) is 0 Å². The Kier molecular flexibility index (Phi) is 3.81. The van der Waals surface area contributed by atoms with Crippen LogP contribution in [0.15, 0.2) is 23.6 Å². The minimum Gasteiger partial charge on any atom is -0.396 e. The molecule has 0 aliphatic carbocycles. The van der Waals surface area contributed by atoms with Gasteiger partial charge >= 0.3 is 0 Å². The fourth-order valence-electron chi connectivity index (χ4n) is 1.44.